The lowest BCUT2D eigenvalue weighted by atomic mass is 9.66. The molecule has 25 heavy (non-hydrogen) atoms. The maximum atomic E-state index is 12.9. The fourth-order valence-electron chi connectivity index (χ4n) is 3.84. The number of aromatic carboxylic acids is 1. The number of ether oxygens (including phenoxy) is 1. The van der Waals surface area contributed by atoms with E-state index in [0.29, 0.717) is 12.8 Å². The molecule has 1 amide bonds. The largest absolute Gasteiger partial charge is 0.506 e. The van der Waals surface area contributed by atoms with Gasteiger partial charge in [-0.3, -0.25) is 9.59 Å². The summed E-state index contributed by atoms with van der Waals surface area (Å²) in [6.07, 6.45) is 0.771. The van der Waals surface area contributed by atoms with Crippen molar-refractivity contribution in [1.82, 2.24) is 0 Å². The minimum Gasteiger partial charge on any atom is -0.506 e. The minimum absolute atomic E-state index is 0.300. The maximum Gasteiger partial charge on any atom is 0.339 e. The monoisotopic (exact) mass is 349 g/mol. The Morgan fingerprint density at radius 2 is 1.80 bits per heavy atom. The highest BCUT2D eigenvalue weighted by Gasteiger charge is 2.75. The van der Waals surface area contributed by atoms with Crippen molar-refractivity contribution in [2.24, 2.45) is 10.8 Å². The average Bonchev–Trinajstić information content (AvgIpc) is 2.81. The van der Waals surface area contributed by atoms with Gasteiger partial charge in [-0.2, -0.15) is 0 Å². The van der Waals surface area contributed by atoms with Gasteiger partial charge in [-0.15, -0.1) is 0 Å². The summed E-state index contributed by atoms with van der Waals surface area (Å²) in [4.78, 5) is 36.3. The highest BCUT2D eigenvalue weighted by atomic mass is 16.6. The molecule has 4 N–H and O–H groups in total. The lowest BCUT2D eigenvalue weighted by Crippen LogP contribution is -2.50. The molecular formula is C17H19NO7. The summed E-state index contributed by atoms with van der Waals surface area (Å²) >= 11 is 0. The van der Waals surface area contributed by atoms with E-state index in [9.17, 15) is 24.6 Å². The molecule has 134 valence electrons. The summed E-state index contributed by atoms with van der Waals surface area (Å²) in [5.74, 6) is -3.84. The topological polar surface area (TPSA) is 133 Å². The first-order valence-electron chi connectivity index (χ1n) is 7.81. The number of hydrogen-bond acceptors (Lipinski definition) is 6. The molecule has 0 aromatic heterocycles. The summed E-state index contributed by atoms with van der Waals surface area (Å²) in [5, 5.41) is 31.4. The molecule has 2 atom stereocenters. The number of benzene rings is 1. The van der Waals surface area contributed by atoms with Crippen molar-refractivity contribution in [2.45, 2.75) is 39.2 Å². The Labute approximate surface area is 143 Å². The predicted octanol–water partition coefficient (Wildman–Crippen LogP) is 1.86. The summed E-state index contributed by atoms with van der Waals surface area (Å²) in [6, 6.07) is 2.08. The molecule has 1 aromatic carbocycles. The first-order chi connectivity index (χ1) is 11.5. The van der Waals surface area contributed by atoms with Crippen LogP contribution in [0.1, 0.15) is 44.0 Å². The van der Waals surface area contributed by atoms with Crippen LogP contribution in [0.2, 0.25) is 0 Å². The van der Waals surface area contributed by atoms with Crippen LogP contribution in [0.5, 0.6) is 11.5 Å². The third-order valence-corrected chi connectivity index (χ3v) is 6.08. The Kier molecular flexibility index (Phi) is 3.33. The van der Waals surface area contributed by atoms with E-state index in [4.69, 9.17) is 9.84 Å². The smallest absolute Gasteiger partial charge is 0.339 e. The van der Waals surface area contributed by atoms with Crippen LogP contribution in [0.3, 0.4) is 0 Å². The van der Waals surface area contributed by atoms with Gasteiger partial charge in [-0.05, 0) is 31.9 Å². The quantitative estimate of drug-likeness (QED) is 0.483. The van der Waals surface area contributed by atoms with Crippen LogP contribution in [0, 0.1) is 10.8 Å². The van der Waals surface area contributed by atoms with E-state index in [0.717, 1.165) is 12.1 Å². The number of carboxylic acid groups (broad SMARTS) is 1. The number of fused-ring (bicyclic) bond motifs is 2. The lowest BCUT2D eigenvalue weighted by Gasteiger charge is -2.35. The number of esters is 1. The van der Waals surface area contributed by atoms with E-state index < -0.39 is 57.0 Å². The number of carbonyl (C=O) groups excluding carboxylic acids is 2. The SMILES string of the molecule is CC12CC[C@@](C(=O)Nc3c(O)ccc(C(=O)O)c3O)(OC1=O)C2(C)C. The molecule has 1 aliphatic carbocycles. The van der Waals surface area contributed by atoms with E-state index in [-0.39, 0.29) is 0 Å². The normalized spacial score (nSPS) is 29.3. The van der Waals surface area contributed by atoms with Gasteiger partial charge in [0.15, 0.2) is 11.4 Å². The molecule has 2 aliphatic rings. The molecule has 0 spiro atoms. The first kappa shape index (κ1) is 17.1. The molecule has 3 rings (SSSR count). The lowest BCUT2D eigenvalue weighted by molar-refractivity contribution is -0.165. The van der Waals surface area contributed by atoms with Gasteiger partial charge in [-0.1, -0.05) is 13.8 Å². The van der Waals surface area contributed by atoms with E-state index in [1.165, 1.54) is 0 Å². The van der Waals surface area contributed by atoms with Crippen molar-refractivity contribution in [3.05, 3.63) is 17.7 Å². The molecule has 2 bridgehead atoms. The molecule has 2 fully saturated rings. The summed E-state index contributed by atoms with van der Waals surface area (Å²) in [5.41, 5.74) is -3.96. The number of anilines is 1. The van der Waals surface area contributed by atoms with Crippen molar-refractivity contribution in [3.8, 4) is 11.5 Å². The van der Waals surface area contributed by atoms with E-state index in [2.05, 4.69) is 5.32 Å². The van der Waals surface area contributed by atoms with Crippen molar-refractivity contribution in [1.29, 1.82) is 0 Å². The molecule has 1 heterocycles. The van der Waals surface area contributed by atoms with Crippen molar-refractivity contribution < 1.29 is 34.4 Å². The molecule has 0 radical (unpaired) electrons. The zero-order valence-corrected chi connectivity index (χ0v) is 14.0. The molecule has 8 nitrogen and oxygen atoms in total. The molecular weight excluding hydrogens is 330 g/mol. The standard InChI is InChI=1S/C17H19NO7/c1-15(2)16(3)6-7-17(15,25-14(16)24)13(23)18-10-9(19)5-4-8(11(10)20)12(21)22/h4-5,19-20H,6-7H2,1-3H3,(H,18,23)(H,21,22)/t16?,17-/m0/s1. The number of carboxylic acids is 1. The van der Waals surface area contributed by atoms with E-state index >= 15 is 0 Å². The highest BCUT2D eigenvalue weighted by Crippen LogP contribution is 2.65. The summed E-state index contributed by atoms with van der Waals surface area (Å²) in [6.45, 7) is 5.27. The summed E-state index contributed by atoms with van der Waals surface area (Å²) < 4.78 is 5.43. The average molecular weight is 349 g/mol. The first-order valence-corrected chi connectivity index (χ1v) is 7.81. The van der Waals surface area contributed by atoms with Crippen LogP contribution in [0.15, 0.2) is 12.1 Å². The molecule has 1 aromatic rings. The number of amides is 1. The second-order valence-electron chi connectivity index (χ2n) is 7.29. The molecule has 8 heteroatoms. The zero-order chi connectivity index (χ0) is 18.8. The zero-order valence-electron chi connectivity index (χ0n) is 14.0. The fourth-order valence-corrected chi connectivity index (χ4v) is 3.84. The third-order valence-electron chi connectivity index (χ3n) is 6.08. The van der Waals surface area contributed by atoms with Gasteiger partial charge in [0, 0.05) is 5.41 Å². The second kappa shape index (κ2) is 4.87. The van der Waals surface area contributed by atoms with Crippen LogP contribution in [0.4, 0.5) is 5.69 Å². The van der Waals surface area contributed by atoms with Gasteiger partial charge in [0.05, 0.1) is 5.41 Å². The van der Waals surface area contributed by atoms with Gasteiger partial charge in [-0.25, -0.2) is 4.79 Å². The Balaban J connectivity index is 2.01. The number of phenols is 2. The van der Waals surface area contributed by atoms with Crippen molar-refractivity contribution in [3.63, 3.8) is 0 Å². The van der Waals surface area contributed by atoms with Gasteiger partial charge in [0.25, 0.3) is 5.91 Å². The van der Waals surface area contributed by atoms with Crippen LogP contribution < -0.4 is 5.32 Å². The molecule has 1 unspecified atom stereocenters. The molecule has 1 aliphatic heterocycles. The van der Waals surface area contributed by atoms with Crippen LogP contribution >= 0.6 is 0 Å². The van der Waals surface area contributed by atoms with Crippen molar-refractivity contribution in [2.75, 3.05) is 5.32 Å². The Hall–Kier alpha value is -2.77. The fraction of sp³-hybridized carbons (Fsp3) is 0.471. The van der Waals surface area contributed by atoms with Gasteiger partial charge in [0.1, 0.15) is 17.0 Å². The molecule has 1 saturated carbocycles. The van der Waals surface area contributed by atoms with E-state index in [1.54, 1.807) is 20.8 Å². The third kappa shape index (κ3) is 1.90. The van der Waals surface area contributed by atoms with Gasteiger partial charge < -0.3 is 25.4 Å². The van der Waals surface area contributed by atoms with Crippen LogP contribution in [-0.2, 0) is 14.3 Å². The molecule has 1 saturated heterocycles. The number of phenolic OH excluding ortho intramolecular Hbond substituents is 1. The Bertz CT molecular complexity index is 815. The highest BCUT2D eigenvalue weighted by molar-refractivity contribution is 6.06. The number of carbonyl (C=O) groups is 3. The van der Waals surface area contributed by atoms with Crippen LogP contribution in [0.25, 0.3) is 0 Å². The number of nitrogens with one attached hydrogen (secondary N) is 1. The Morgan fingerprint density at radius 1 is 1.16 bits per heavy atom. The minimum atomic E-state index is -1.45. The van der Waals surface area contributed by atoms with E-state index in [1.807, 2.05) is 0 Å². The predicted molar refractivity (Wildman–Crippen MR) is 85.3 cm³/mol. The Morgan fingerprint density at radius 3 is 2.28 bits per heavy atom. The second-order valence-corrected chi connectivity index (χ2v) is 7.29. The number of aromatic hydroxyl groups is 2. The van der Waals surface area contributed by atoms with Crippen molar-refractivity contribution >= 4 is 23.5 Å². The number of hydrogen-bond donors (Lipinski definition) is 4. The maximum absolute atomic E-state index is 12.9. The number of rotatable bonds is 3. The summed E-state index contributed by atoms with van der Waals surface area (Å²) in [7, 11) is 0. The van der Waals surface area contributed by atoms with Crippen LogP contribution in [-0.4, -0.2) is 38.8 Å². The van der Waals surface area contributed by atoms with Gasteiger partial charge in [0.2, 0.25) is 0 Å². The van der Waals surface area contributed by atoms with Gasteiger partial charge >= 0.3 is 11.9 Å².